The Kier molecular flexibility index (Phi) is 3.09. The van der Waals surface area contributed by atoms with Gasteiger partial charge < -0.3 is 14.8 Å². The highest BCUT2D eigenvalue weighted by Crippen LogP contribution is 2.34. The van der Waals surface area contributed by atoms with E-state index in [4.69, 9.17) is 21.1 Å². The first-order valence-corrected chi connectivity index (χ1v) is 7.66. The van der Waals surface area contributed by atoms with E-state index in [1.165, 1.54) is 0 Å². The molecule has 0 radical (unpaired) electrons. The van der Waals surface area contributed by atoms with Crippen LogP contribution in [0.3, 0.4) is 0 Å². The normalized spacial score (nSPS) is 12.8. The summed E-state index contributed by atoms with van der Waals surface area (Å²) in [5, 5.41) is 4.92. The highest BCUT2D eigenvalue weighted by atomic mass is 35.5. The van der Waals surface area contributed by atoms with Crippen LogP contribution in [0.5, 0.6) is 11.5 Å². The predicted molar refractivity (Wildman–Crippen MR) is 84.5 cm³/mol. The first kappa shape index (κ1) is 12.7. The zero-order valence-electron chi connectivity index (χ0n) is 10.9. The van der Waals surface area contributed by atoms with Gasteiger partial charge in [0.2, 0.25) is 6.79 Å². The maximum absolute atomic E-state index is 6.16. The number of aromatic nitrogens is 1. The molecule has 1 N–H and O–H groups in total. The number of nitrogens with zero attached hydrogens (tertiary/aromatic N) is 1. The molecule has 0 unspecified atom stereocenters. The minimum absolute atomic E-state index is 0.294. The highest BCUT2D eigenvalue weighted by Gasteiger charge is 2.13. The highest BCUT2D eigenvalue weighted by molar-refractivity contribution is 7.22. The average molecular weight is 319 g/mol. The van der Waals surface area contributed by atoms with Gasteiger partial charge in [-0.2, -0.15) is 0 Å². The van der Waals surface area contributed by atoms with Crippen LogP contribution in [0.15, 0.2) is 36.4 Å². The molecule has 3 aromatic rings. The molecule has 21 heavy (non-hydrogen) atoms. The van der Waals surface area contributed by atoms with E-state index in [2.05, 4.69) is 10.3 Å². The standard InChI is InChI=1S/C15H11ClN2O2S/c16-10-2-1-3-11-14(10)21-15(18-11)17-7-9-4-5-12-13(6-9)20-8-19-12/h1-6H,7-8H2,(H,17,18). The number of ether oxygens (including phenoxy) is 2. The van der Waals surface area contributed by atoms with Crippen LogP contribution in [0.2, 0.25) is 5.02 Å². The molecule has 1 aromatic heterocycles. The number of hydrogen-bond acceptors (Lipinski definition) is 5. The van der Waals surface area contributed by atoms with Crippen molar-refractivity contribution < 1.29 is 9.47 Å². The van der Waals surface area contributed by atoms with Crippen LogP contribution in [-0.2, 0) is 6.54 Å². The first-order valence-electron chi connectivity index (χ1n) is 6.47. The lowest BCUT2D eigenvalue weighted by molar-refractivity contribution is 0.174. The first-order chi connectivity index (χ1) is 10.3. The number of rotatable bonds is 3. The minimum atomic E-state index is 0.294. The molecule has 6 heteroatoms. The molecule has 0 aliphatic carbocycles. The number of thiazole rings is 1. The van der Waals surface area contributed by atoms with E-state index in [1.54, 1.807) is 11.3 Å². The van der Waals surface area contributed by atoms with Gasteiger partial charge in [0.25, 0.3) is 0 Å². The Morgan fingerprint density at radius 2 is 2.10 bits per heavy atom. The quantitative estimate of drug-likeness (QED) is 0.782. The molecule has 0 saturated carbocycles. The van der Waals surface area contributed by atoms with Crippen LogP contribution in [0.4, 0.5) is 5.13 Å². The zero-order chi connectivity index (χ0) is 14.2. The Balaban J connectivity index is 1.54. The second kappa shape index (κ2) is 5.09. The van der Waals surface area contributed by atoms with Crippen molar-refractivity contribution >= 4 is 38.3 Å². The number of anilines is 1. The van der Waals surface area contributed by atoms with Crippen molar-refractivity contribution in [3.05, 3.63) is 47.0 Å². The summed E-state index contributed by atoms with van der Waals surface area (Å²) < 4.78 is 11.7. The van der Waals surface area contributed by atoms with Crippen molar-refractivity contribution in [1.82, 2.24) is 4.98 Å². The fourth-order valence-corrected chi connectivity index (χ4v) is 3.37. The number of nitrogens with one attached hydrogen (secondary N) is 1. The van der Waals surface area contributed by atoms with Crippen LogP contribution in [0.1, 0.15) is 5.56 Å². The Hall–Kier alpha value is -1.98. The molecule has 1 aliphatic rings. The summed E-state index contributed by atoms with van der Waals surface area (Å²) in [5.41, 5.74) is 2.03. The summed E-state index contributed by atoms with van der Waals surface area (Å²) in [5.74, 6) is 1.59. The largest absolute Gasteiger partial charge is 0.454 e. The van der Waals surface area contributed by atoms with E-state index >= 15 is 0 Å². The maximum Gasteiger partial charge on any atom is 0.231 e. The summed E-state index contributed by atoms with van der Waals surface area (Å²) in [6, 6.07) is 11.7. The molecular weight excluding hydrogens is 308 g/mol. The molecule has 0 saturated heterocycles. The van der Waals surface area contributed by atoms with Crippen molar-refractivity contribution in [2.75, 3.05) is 12.1 Å². The van der Waals surface area contributed by atoms with Gasteiger partial charge in [-0.1, -0.05) is 35.1 Å². The van der Waals surface area contributed by atoms with Crippen LogP contribution in [-0.4, -0.2) is 11.8 Å². The van der Waals surface area contributed by atoms with Gasteiger partial charge >= 0.3 is 0 Å². The van der Waals surface area contributed by atoms with Crippen LogP contribution < -0.4 is 14.8 Å². The van der Waals surface area contributed by atoms with Crippen LogP contribution in [0.25, 0.3) is 10.2 Å². The molecule has 1 aliphatic heterocycles. The Morgan fingerprint density at radius 1 is 1.19 bits per heavy atom. The molecule has 2 heterocycles. The van der Waals surface area contributed by atoms with Crippen LogP contribution in [0, 0.1) is 0 Å². The van der Waals surface area contributed by atoms with Gasteiger partial charge in [0.1, 0.15) is 0 Å². The van der Waals surface area contributed by atoms with Gasteiger partial charge in [-0.25, -0.2) is 4.98 Å². The Labute approximate surface area is 130 Å². The predicted octanol–water partition coefficient (Wildman–Crippen LogP) is 4.29. The number of halogens is 1. The Morgan fingerprint density at radius 3 is 3.00 bits per heavy atom. The smallest absolute Gasteiger partial charge is 0.231 e. The van der Waals surface area contributed by atoms with Gasteiger partial charge in [0, 0.05) is 6.54 Å². The Bertz CT molecular complexity index is 819. The van der Waals surface area contributed by atoms with E-state index in [0.29, 0.717) is 13.3 Å². The average Bonchev–Trinajstić information content (AvgIpc) is 3.11. The molecule has 0 fully saturated rings. The third-order valence-electron chi connectivity index (χ3n) is 3.25. The third-order valence-corrected chi connectivity index (χ3v) is 4.74. The zero-order valence-corrected chi connectivity index (χ0v) is 12.5. The summed E-state index contributed by atoms with van der Waals surface area (Å²) in [6.45, 7) is 0.969. The van der Waals surface area contributed by atoms with E-state index in [0.717, 1.165) is 37.4 Å². The molecule has 0 spiro atoms. The monoisotopic (exact) mass is 318 g/mol. The van der Waals surface area contributed by atoms with Gasteiger partial charge in [-0.15, -0.1) is 0 Å². The molecule has 0 atom stereocenters. The van der Waals surface area contributed by atoms with Crippen molar-refractivity contribution in [2.45, 2.75) is 6.54 Å². The van der Waals surface area contributed by atoms with Crippen molar-refractivity contribution in [1.29, 1.82) is 0 Å². The summed E-state index contributed by atoms with van der Waals surface area (Å²) in [7, 11) is 0. The lowest BCUT2D eigenvalue weighted by atomic mass is 10.2. The molecule has 106 valence electrons. The van der Waals surface area contributed by atoms with E-state index in [9.17, 15) is 0 Å². The second-order valence-corrected chi connectivity index (χ2v) is 6.05. The minimum Gasteiger partial charge on any atom is -0.454 e. The second-order valence-electron chi connectivity index (χ2n) is 4.65. The summed E-state index contributed by atoms with van der Waals surface area (Å²) in [4.78, 5) is 4.53. The summed E-state index contributed by atoms with van der Waals surface area (Å²) in [6.07, 6.45) is 0. The number of benzene rings is 2. The molecular formula is C15H11ClN2O2S. The molecule has 2 aromatic carbocycles. The van der Waals surface area contributed by atoms with Gasteiger partial charge in [-0.05, 0) is 29.8 Å². The lowest BCUT2D eigenvalue weighted by Gasteiger charge is -2.04. The van der Waals surface area contributed by atoms with E-state index in [-0.39, 0.29) is 0 Å². The molecule has 4 rings (SSSR count). The summed E-state index contributed by atoms with van der Waals surface area (Å²) >= 11 is 7.72. The SMILES string of the molecule is Clc1cccc2nc(NCc3ccc4c(c3)OCO4)sc12. The molecule has 0 bridgehead atoms. The van der Waals surface area contributed by atoms with Gasteiger partial charge in [0.15, 0.2) is 16.6 Å². The topological polar surface area (TPSA) is 43.4 Å². The van der Waals surface area contributed by atoms with Crippen molar-refractivity contribution in [3.63, 3.8) is 0 Å². The lowest BCUT2D eigenvalue weighted by Crippen LogP contribution is -1.98. The number of fused-ring (bicyclic) bond motifs is 2. The molecule has 0 amide bonds. The fourth-order valence-electron chi connectivity index (χ4n) is 2.22. The van der Waals surface area contributed by atoms with Crippen molar-refractivity contribution in [3.8, 4) is 11.5 Å². The fraction of sp³-hybridized carbons (Fsp3) is 0.133. The van der Waals surface area contributed by atoms with Crippen molar-refractivity contribution in [2.24, 2.45) is 0 Å². The van der Waals surface area contributed by atoms with E-state index in [1.807, 2.05) is 36.4 Å². The van der Waals surface area contributed by atoms with Gasteiger partial charge in [0.05, 0.1) is 15.2 Å². The van der Waals surface area contributed by atoms with E-state index < -0.39 is 0 Å². The molecule has 4 nitrogen and oxygen atoms in total. The third kappa shape index (κ3) is 2.39. The van der Waals surface area contributed by atoms with Crippen LogP contribution >= 0.6 is 22.9 Å². The maximum atomic E-state index is 6.16. The number of hydrogen-bond donors (Lipinski definition) is 1. The van der Waals surface area contributed by atoms with Gasteiger partial charge in [-0.3, -0.25) is 0 Å².